The maximum atomic E-state index is 12.7. The van der Waals surface area contributed by atoms with E-state index in [0.717, 1.165) is 11.3 Å². The fourth-order valence-corrected chi connectivity index (χ4v) is 3.30. The number of anilines is 1. The number of amides is 3. The Bertz CT molecular complexity index is 635. The van der Waals surface area contributed by atoms with Crippen molar-refractivity contribution in [3.8, 4) is 0 Å². The van der Waals surface area contributed by atoms with Crippen molar-refractivity contribution in [3.63, 3.8) is 0 Å². The van der Waals surface area contributed by atoms with Crippen molar-refractivity contribution in [3.05, 3.63) is 29.8 Å². The Labute approximate surface area is 148 Å². The number of rotatable bonds is 2. The molecule has 3 N–H and O–H groups in total. The number of nitrogens with one attached hydrogen (secondary N) is 1. The van der Waals surface area contributed by atoms with Gasteiger partial charge in [-0.25, -0.2) is 4.79 Å². The number of urea groups is 1. The molecule has 0 aliphatic carbocycles. The van der Waals surface area contributed by atoms with Crippen LogP contribution in [-0.2, 0) is 9.53 Å². The predicted molar refractivity (Wildman–Crippen MR) is 95.3 cm³/mol. The van der Waals surface area contributed by atoms with Gasteiger partial charge in [0.2, 0.25) is 5.91 Å². The highest BCUT2D eigenvalue weighted by atomic mass is 16.5. The monoisotopic (exact) mass is 346 g/mol. The van der Waals surface area contributed by atoms with Gasteiger partial charge in [-0.1, -0.05) is 12.1 Å². The van der Waals surface area contributed by atoms with Crippen molar-refractivity contribution in [2.24, 2.45) is 5.73 Å². The largest absolute Gasteiger partial charge is 0.381 e. The summed E-state index contributed by atoms with van der Waals surface area (Å²) >= 11 is 0. The Morgan fingerprint density at radius 1 is 1.12 bits per heavy atom. The van der Waals surface area contributed by atoms with Gasteiger partial charge in [-0.3, -0.25) is 4.79 Å². The Kier molecular flexibility index (Phi) is 5.24. The lowest BCUT2D eigenvalue weighted by atomic mass is 9.89. The first-order valence-electron chi connectivity index (χ1n) is 8.76. The minimum atomic E-state index is -0.815. The maximum Gasteiger partial charge on any atom is 0.321 e. The van der Waals surface area contributed by atoms with Crippen LogP contribution in [0.4, 0.5) is 10.5 Å². The molecule has 1 aromatic rings. The van der Waals surface area contributed by atoms with Gasteiger partial charge in [-0.15, -0.1) is 0 Å². The van der Waals surface area contributed by atoms with Crippen LogP contribution in [0.25, 0.3) is 0 Å². The van der Waals surface area contributed by atoms with Crippen LogP contribution in [0.1, 0.15) is 18.4 Å². The van der Waals surface area contributed by atoms with Crippen molar-refractivity contribution in [1.29, 1.82) is 0 Å². The molecule has 0 unspecified atom stereocenters. The number of piperazine rings is 1. The number of benzene rings is 1. The fourth-order valence-electron chi connectivity index (χ4n) is 3.30. The lowest BCUT2D eigenvalue weighted by Crippen LogP contribution is -2.61. The number of hydrogen-bond acceptors (Lipinski definition) is 4. The summed E-state index contributed by atoms with van der Waals surface area (Å²) in [5, 5.41) is 2.91. The van der Waals surface area contributed by atoms with Crippen LogP contribution in [0.15, 0.2) is 24.3 Å². The smallest absolute Gasteiger partial charge is 0.321 e. The zero-order chi connectivity index (χ0) is 17.9. The number of nitrogens with zero attached hydrogens (tertiary/aromatic N) is 2. The van der Waals surface area contributed by atoms with Gasteiger partial charge in [0.25, 0.3) is 0 Å². The SMILES string of the molecule is Cc1cccc(NC(=O)N2CCN(C(=O)C3(N)CCOCC3)CC2)c1. The molecule has 2 aliphatic rings. The molecule has 0 spiro atoms. The molecule has 136 valence electrons. The maximum absolute atomic E-state index is 12.7. The molecular weight excluding hydrogens is 320 g/mol. The van der Waals surface area contributed by atoms with E-state index >= 15 is 0 Å². The Balaban J connectivity index is 1.52. The van der Waals surface area contributed by atoms with Gasteiger partial charge < -0.3 is 25.6 Å². The first kappa shape index (κ1) is 17.7. The first-order chi connectivity index (χ1) is 12.0. The van der Waals surface area contributed by atoms with E-state index in [1.54, 1.807) is 9.80 Å². The molecule has 0 radical (unpaired) electrons. The molecule has 7 heteroatoms. The highest BCUT2D eigenvalue weighted by Gasteiger charge is 2.40. The minimum Gasteiger partial charge on any atom is -0.381 e. The van der Waals surface area contributed by atoms with Gasteiger partial charge in [0.15, 0.2) is 0 Å². The third-order valence-electron chi connectivity index (χ3n) is 4.93. The van der Waals surface area contributed by atoms with Gasteiger partial charge in [0, 0.05) is 45.1 Å². The van der Waals surface area contributed by atoms with Crippen LogP contribution in [0.3, 0.4) is 0 Å². The molecule has 0 bridgehead atoms. The quantitative estimate of drug-likeness (QED) is 0.842. The lowest BCUT2D eigenvalue weighted by molar-refractivity contribution is -0.142. The van der Waals surface area contributed by atoms with E-state index in [1.807, 2.05) is 31.2 Å². The van der Waals surface area contributed by atoms with Crippen LogP contribution in [-0.4, -0.2) is 66.7 Å². The van der Waals surface area contributed by atoms with Crippen molar-refractivity contribution in [2.75, 3.05) is 44.7 Å². The summed E-state index contributed by atoms with van der Waals surface area (Å²) < 4.78 is 5.30. The third-order valence-corrected chi connectivity index (χ3v) is 4.93. The van der Waals surface area contributed by atoms with Gasteiger partial charge in [-0.2, -0.15) is 0 Å². The average Bonchev–Trinajstić information content (AvgIpc) is 2.62. The third kappa shape index (κ3) is 4.11. The summed E-state index contributed by atoms with van der Waals surface area (Å²) in [5.74, 6) is -0.0189. The van der Waals surface area contributed by atoms with E-state index < -0.39 is 5.54 Å². The standard InChI is InChI=1S/C18H26N4O3/c1-14-3-2-4-15(13-14)20-17(24)22-9-7-21(8-10-22)16(23)18(19)5-11-25-12-6-18/h2-4,13H,5-12,19H2,1H3,(H,20,24). The second-order valence-electron chi connectivity index (χ2n) is 6.85. The molecule has 1 aromatic carbocycles. The Morgan fingerprint density at radius 3 is 2.40 bits per heavy atom. The molecule has 3 amide bonds. The number of nitrogens with two attached hydrogens (primary N) is 1. The number of aryl methyl sites for hydroxylation is 1. The van der Waals surface area contributed by atoms with Gasteiger partial charge >= 0.3 is 6.03 Å². The van der Waals surface area contributed by atoms with E-state index in [0.29, 0.717) is 52.2 Å². The van der Waals surface area contributed by atoms with E-state index in [4.69, 9.17) is 10.5 Å². The summed E-state index contributed by atoms with van der Waals surface area (Å²) in [5.41, 5.74) is 7.34. The van der Waals surface area contributed by atoms with Gasteiger partial charge in [-0.05, 0) is 37.5 Å². The molecule has 3 rings (SSSR count). The van der Waals surface area contributed by atoms with Crippen LogP contribution < -0.4 is 11.1 Å². The predicted octanol–water partition coefficient (Wildman–Crippen LogP) is 1.18. The second-order valence-corrected chi connectivity index (χ2v) is 6.85. The Hall–Kier alpha value is -2.12. The zero-order valence-corrected chi connectivity index (χ0v) is 14.7. The summed E-state index contributed by atoms with van der Waals surface area (Å²) in [6.45, 7) is 5.09. The summed E-state index contributed by atoms with van der Waals surface area (Å²) in [7, 11) is 0. The van der Waals surface area contributed by atoms with Gasteiger partial charge in [0.05, 0.1) is 5.54 Å². The molecule has 2 fully saturated rings. The van der Waals surface area contributed by atoms with Crippen molar-refractivity contribution in [1.82, 2.24) is 9.80 Å². The van der Waals surface area contributed by atoms with Crippen LogP contribution in [0.5, 0.6) is 0 Å². The van der Waals surface area contributed by atoms with Crippen molar-refractivity contribution >= 4 is 17.6 Å². The Morgan fingerprint density at radius 2 is 1.76 bits per heavy atom. The molecule has 2 heterocycles. The normalized spacial score (nSPS) is 20.2. The fraction of sp³-hybridized carbons (Fsp3) is 0.556. The lowest BCUT2D eigenvalue weighted by Gasteiger charge is -2.40. The molecule has 25 heavy (non-hydrogen) atoms. The van der Waals surface area contributed by atoms with Gasteiger partial charge in [0.1, 0.15) is 0 Å². The molecule has 0 atom stereocenters. The number of carbonyl (C=O) groups excluding carboxylic acids is 2. The number of hydrogen-bond donors (Lipinski definition) is 2. The highest BCUT2D eigenvalue weighted by Crippen LogP contribution is 2.21. The molecule has 2 saturated heterocycles. The topological polar surface area (TPSA) is 87.9 Å². The van der Waals surface area contributed by atoms with E-state index in [2.05, 4.69) is 5.32 Å². The first-order valence-corrected chi connectivity index (χ1v) is 8.76. The van der Waals surface area contributed by atoms with Crippen LogP contribution in [0.2, 0.25) is 0 Å². The number of carbonyl (C=O) groups is 2. The average molecular weight is 346 g/mol. The molecule has 7 nitrogen and oxygen atoms in total. The zero-order valence-electron chi connectivity index (χ0n) is 14.7. The molecule has 0 saturated carbocycles. The van der Waals surface area contributed by atoms with Crippen LogP contribution in [0, 0.1) is 6.92 Å². The summed E-state index contributed by atoms with van der Waals surface area (Å²) in [6.07, 6.45) is 1.11. The molecule has 2 aliphatic heterocycles. The van der Waals surface area contributed by atoms with Crippen molar-refractivity contribution < 1.29 is 14.3 Å². The van der Waals surface area contributed by atoms with Crippen LogP contribution >= 0.6 is 0 Å². The number of ether oxygens (including phenoxy) is 1. The molecule has 0 aromatic heterocycles. The van der Waals surface area contributed by atoms with E-state index in [9.17, 15) is 9.59 Å². The van der Waals surface area contributed by atoms with E-state index in [-0.39, 0.29) is 11.9 Å². The summed E-state index contributed by atoms with van der Waals surface area (Å²) in [6, 6.07) is 7.57. The second kappa shape index (κ2) is 7.41. The minimum absolute atomic E-state index is 0.0189. The molecular formula is C18H26N4O3. The van der Waals surface area contributed by atoms with Crippen molar-refractivity contribution in [2.45, 2.75) is 25.3 Å². The summed E-state index contributed by atoms with van der Waals surface area (Å²) in [4.78, 5) is 28.6. The van der Waals surface area contributed by atoms with E-state index in [1.165, 1.54) is 0 Å². The highest BCUT2D eigenvalue weighted by molar-refractivity contribution is 5.90.